The average molecular weight is 263 g/mol. The van der Waals surface area contributed by atoms with E-state index >= 15 is 0 Å². The zero-order chi connectivity index (χ0) is 14.0. The maximum absolute atomic E-state index is 12.3. The van der Waals surface area contributed by atoms with Gasteiger partial charge in [0.25, 0.3) is 0 Å². The predicted molar refractivity (Wildman–Crippen MR) is 69.9 cm³/mol. The standard InChI is InChI=1S/C13H17N3O3/c1-9-7-16(8-11(9)12(17)18)13(19)15(2)10-4-3-5-14-6-10/h3-6,9,11H,7-8H2,1-2H3,(H,17,18)/t9-,11-/m1/s1. The molecule has 1 aliphatic heterocycles. The third kappa shape index (κ3) is 2.67. The van der Waals surface area contributed by atoms with Crippen molar-refractivity contribution in [3.8, 4) is 0 Å². The van der Waals surface area contributed by atoms with Gasteiger partial charge in [0.05, 0.1) is 17.8 Å². The second-order valence-electron chi connectivity index (χ2n) is 4.88. The number of carbonyl (C=O) groups excluding carboxylic acids is 1. The Bertz CT molecular complexity index is 477. The number of carboxylic acids is 1. The number of carboxylic acid groups (broad SMARTS) is 1. The number of pyridine rings is 1. The number of anilines is 1. The minimum Gasteiger partial charge on any atom is -0.481 e. The molecule has 1 aromatic heterocycles. The van der Waals surface area contributed by atoms with E-state index in [1.54, 1.807) is 36.5 Å². The molecule has 0 saturated carbocycles. The van der Waals surface area contributed by atoms with E-state index in [9.17, 15) is 9.59 Å². The third-order valence-electron chi connectivity index (χ3n) is 3.52. The van der Waals surface area contributed by atoms with Crippen molar-refractivity contribution in [2.75, 3.05) is 25.0 Å². The van der Waals surface area contributed by atoms with Gasteiger partial charge in [-0.2, -0.15) is 0 Å². The largest absolute Gasteiger partial charge is 0.481 e. The second-order valence-corrected chi connectivity index (χ2v) is 4.88. The molecule has 19 heavy (non-hydrogen) atoms. The van der Waals surface area contributed by atoms with E-state index in [1.165, 1.54) is 4.90 Å². The van der Waals surface area contributed by atoms with E-state index in [0.717, 1.165) is 0 Å². The van der Waals surface area contributed by atoms with Crippen LogP contribution in [0.2, 0.25) is 0 Å². The number of hydrogen-bond donors (Lipinski definition) is 1. The lowest BCUT2D eigenvalue weighted by atomic mass is 9.99. The molecule has 0 unspecified atom stereocenters. The summed E-state index contributed by atoms with van der Waals surface area (Å²) in [6, 6.07) is 3.36. The molecule has 1 saturated heterocycles. The molecule has 0 spiro atoms. The zero-order valence-corrected chi connectivity index (χ0v) is 11.0. The zero-order valence-electron chi connectivity index (χ0n) is 11.0. The van der Waals surface area contributed by atoms with E-state index in [1.807, 2.05) is 6.92 Å². The number of hydrogen-bond acceptors (Lipinski definition) is 3. The summed E-state index contributed by atoms with van der Waals surface area (Å²) >= 11 is 0. The van der Waals surface area contributed by atoms with Crippen molar-refractivity contribution in [3.63, 3.8) is 0 Å². The molecule has 1 N–H and O–H groups in total. The van der Waals surface area contributed by atoms with Crippen molar-refractivity contribution in [3.05, 3.63) is 24.5 Å². The minimum absolute atomic E-state index is 0.0243. The molecule has 2 amide bonds. The fraction of sp³-hybridized carbons (Fsp3) is 0.462. The van der Waals surface area contributed by atoms with Crippen LogP contribution in [0.4, 0.5) is 10.5 Å². The molecule has 2 rings (SSSR count). The summed E-state index contributed by atoms with van der Waals surface area (Å²) in [6.07, 6.45) is 3.24. The molecule has 1 aromatic rings. The number of urea groups is 1. The fourth-order valence-electron chi connectivity index (χ4n) is 2.32. The van der Waals surface area contributed by atoms with Gasteiger partial charge >= 0.3 is 12.0 Å². The minimum atomic E-state index is -0.841. The molecule has 102 valence electrons. The number of amides is 2. The number of aromatic nitrogens is 1. The first-order valence-electron chi connectivity index (χ1n) is 6.16. The summed E-state index contributed by atoms with van der Waals surface area (Å²) < 4.78 is 0. The number of likely N-dealkylation sites (tertiary alicyclic amines) is 1. The quantitative estimate of drug-likeness (QED) is 0.872. The van der Waals surface area contributed by atoms with E-state index in [-0.39, 0.29) is 18.5 Å². The fourth-order valence-corrected chi connectivity index (χ4v) is 2.32. The summed E-state index contributed by atoms with van der Waals surface area (Å²) in [4.78, 5) is 30.4. The highest BCUT2D eigenvalue weighted by Crippen LogP contribution is 2.25. The topological polar surface area (TPSA) is 73.7 Å². The van der Waals surface area contributed by atoms with Crippen molar-refractivity contribution in [1.82, 2.24) is 9.88 Å². The Labute approximate surface area is 111 Å². The second kappa shape index (κ2) is 5.26. The molecular weight excluding hydrogens is 246 g/mol. The first-order valence-corrected chi connectivity index (χ1v) is 6.16. The Morgan fingerprint density at radius 3 is 2.74 bits per heavy atom. The van der Waals surface area contributed by atoms with Crippen LogP contribution in [0.15, 0.2) is 24.5 Å². The molecule has 0 radical (unpaired) electrons. The van der Waals surface area contributed by atoms with Crippen molar-refractivity contribution >= 4 is 17.7 Å². The van der Waals surface area contributed by atoms with Crippen LogP contribution in [0.1, 0.15) is 6.92 Å². The van der Waals surface area contributed by atoms with Gasteiger partial charge in [-0.1, -0.05) is 6.92 Å². The highest BCUT2D eigenvalue weighted by molar-refractivity contribution is 5.91. The molecule has 6 nitrogen and oxygen atoms in total. The summed E-state index contributed by atoms with van der Waals surface area (Å²) in [7, 11) is 1.66. The molecule has 0 aliphatic carbocycles. The van der Waals surface area contributed by atoms with Crippen molar-refractivity contribution in [2.45, 2.75) is 6.92 Å². The lowest BCUT2D eigenvalue weighted by Crippen LogP contribution is -2.40. The van der Waals surface area contributed by atoms with Crippen molar-refractivity contribution in [2.24, 2.45) is 11.8 Å². The number of aliphatic carboxylic acids is 1. The Balaban J connectivity index is 2.07. The van der Waals surface area contributed by atoms with Crippen LogP contribution in [0, 0.1) is 11.8 Å². The lowest BCUT2D eigenvalue weighted by Gasteiger charge is -2.24. The SMILES string of the molecule is C[C@@H]1CN(C(=O)N(C)c2cccnc2)C[C@H]1C(=O)O. The highest BCUT2D eigenvalue weighted by atomic mass is 16.4. The Morgan fingerprint density at radius 2 is 2.21 bits per heavy atom. The summed E-state index contributed by atoms with van der Waals surface area (Å²) in [5.41, 5.74) is 0.693. The van der Waals surface area contributed by atoms with Gasteiger partial charge < -0.3 is 10.0 Å². The van der Waals surface area contributed by atoms with E-state index < -0.39 is 11.9 Å². The monoisotopic (exact) mass is 263 g/mol. The Hall–Kier alpha value is -2.11. The van der Waals surface area contributed by atoms with E-state index in [0.29, 0.717) is 12.2 Å². The van der Waals surface area contributed by atoms with Crippen LogP contribution in [0.25, 0.3) is 0 Å². The smallest absolute Gasteiger partial charge is 0.324 e. The molecule has 1 aliphatic rings. The van der Waals surface area contributed by atoms with Gasteiger partial charge in [-0.15, -0.1) is 0 Å². The molecule has 0 aromatic carbocycles. The normalized spacial score (nSPS) is 22.3. The van der Waals surface area contributed by atoms with Crippen LogP contribution in [0.5, 0.6) is 0 Å². The van der Waals surface area contributed by atoms with Gasteiger partial charge in [0, 0.05) is 26.3 Å². The van der Waals surface area contributed by atoms with Gasteiger partial charge in [-0.05, 0) is 18.1 Å². The van der Waals surface area contributed by atoms with Crippen molar-refractivity contribution < 1.29 is 14.7 Å². The van der Waals surface area contributed by atoms with Gasteiger partial charge in [-0.3, -0.25) is 14.7 Å². The molecule has 2 heterocycles. The number of carbonyl (C=O) groups is 2. The Kier molecular flexibility index (Phi) is 3.69. The van der Waals surface area contributed by atoms with Crippen LogP contribution in [-0.2, 0) is 4.79 Å². The van der Waals surface area contributed by atoms with Gasteiger partial charge in [0.2, 0.25) is 0 Å². The highest BCUT2D eigenvalue weighted by Gasteiger charge is 2.38. The molecule has 6 heteroatoms. The molecule has 0 bridgehead atoms. The first kappa shape index (κ1) is 13.3. The van der Waals surface area contributed by atoms with E-state index in [2.05, 4.69) is 4.98 Å². The van der Waals surface area contributed by atoms with Gasteiger partial charge in [0.15, 0.2) is 0 Å². The first-order chi connectivity index (χ1) is 9.00. The van der Waals surface area contributed by atoms with Crippen LogP contribution in [-0.4, -0.2) is 47.1 Å². The van der Waals surface area contributed by atoms with Gasteiger partial charge in [-0.25, -0.2) is 4.79 Å². The average Bonchev–Trinajstić information content (AvgIpc) is 2.80. The maximum atomic E-state index is 12.3. The summed E-state index contributed by atoms with van der Waals surface area (Å²) in [5, 5.41) is 9.08. The summed E-state index contributed by atoms with van der Waals surface area (Å²) in [6.45, 7) is 2.59. The lowest BCUT2D eigenvalue weighted by molar-refractivity contribution is -0.142. The molecule has 2 atom stereocenters. The number of nitrogens with zero attached hydrogens (tertiary/aromatic N) is 3. The van der Waals surface area contributed by atoms with Crippen LogP contribution >= 0.6 is 0 Å². The van der Waals surface area contributed by atoms with E-state index in [4.69, 9.17) is 5.11 Å². The maximum Gasteiger partial charge on any atom is 0.324 e. The third-order valence-corrected chi connectivity index (χ3v) is 3.52. The van der Waals surface area contributed by atoms with Crippen LogP contribution in [0.3, 0.4) is 0 Å². The summed E-state index contributed by atoms with van der Waals surface area (Å²) in [5.74, 6) is -1.35. The predicted octanol–water partition coefficient (Wildman–Crippen LogP) is 1.29. The Morgan fingerprint density at radius 1 is 1.47 bits per heavy atom. The number of rotatable bonds is 2. The van der Waals surface area contributed by atoms with Crippen LogP contribution < -0.4 is 4.90 Å². The molecular formula is C13H17N3O3. The van der Waals surface area contributed by atoms with Gasteiger partial charge in [0.1, 0.15) is 0 Å². The molecule has 1 fully saturated rings. The van der Waals surface area contributed by atoms with Crippen molar-refractivity contribution in [1.29, 1.82) is 0 Å².